The fraction of sp³-hybridized carbons (Fsp3) is 0.250. The summed E-state index contributed by atoms with van der Waals surface area (Å²) in [5.41, 5.74) is 4.32. The summed E-state index contributed by atoms with van der Waals surface area (Å²) in [4.78, 5) is 12.5. The average Bonchev–Trinajstić information content (AvgIpc) is 3.17. The van der Waals surface area contributed by atoms with Gasteiger partial charge < -0.3 is 10.1 Å². The van der Waals surface area contributed by atoms with Crippen LogP contribution in [0.1, 0.15) is 23.9 Å². The molecule has 0 aliphatic carbocycles. The number of carbonyl (C=O) groups is 1. The zero-order chi connectivity index (χ0) is 23.4. The second-order valence-corrected chi connectivity index (χ2v) is 8.79. The van der Waals surface area contributed by atoms with Crippen molar-refractivity contribution in [1.82, 2.24) is 25.3 Å². The number of benzene rings is 2. The molecule has 0 atom stereocenters. The van der Waals surface area contributed by atoms with Crippen molar-refractivity contribution in [3.8, 4) is 11.4 Å². The Bertz CT molecular complexity index is 1290. The van der Waals surface area contributed by atoms with E-state index in [2.05, 4.69) is 15.5 Å². The molecule has 2 heterocycles. The third-order valence-corrected chi connectivity index (χ3v) is 6.34. The number of carbonyl (C=O) groups excluding carboxylic acids is 1. The molecule has 4 rings (SSSR count). The van der Waals surface area contributed by atoms with Crippen molar-refractivity contribution >= 4 is 40.2 Å². The minimum Gasteiger partial charge on any atom is -0.494 e. The molecule has 0 bridgehead atoms. The number of amides is 1. The van der Waals surface area contributed by atoms with Gasteiger partial charge in [0, 0.05) is 22.5 Å². The van der Waals surface area contributed by atoms with E-state index in [1.54, 1.807) is 0 Å². The Balaban J connectivity index is 1.50. The highest BCUT2D eigenvalue weighted by Crippen LogP contribution is 2.30. The maximum absolute atomic E-state index is 12.5. The molecular weight excluding hydrogens is 458 g/mol. The number of rotatable bonds is 8. The van der Waals surface area contributed by atoms with Gasteiger partial charge in [0.05, 0.1) is 29.4 Å². The van der Waals surface area contributed by atoms with Gasteiger partial charge in [0.25, 0.3) is 0 Å². The minimum absolute atomic E-state index is 0.101. The zero-order valence-electron chi connectivity index (χ0n) is 18.6. The summed E-state index contributed by atoms with van der Waals surface area (Å²) in [7, 11) is 0. The van der Waals surface area contributed by atoms with Crippen molar-refractivity contribution in [2.75, 3.05) is 12.4 Å². The molecule has 9 heteroatoms. The van der Waals surface area contributed by atoms with Gasteiger partial charge in [-0.1, -0.05) is 41.6 Å². The minimum atomic E-state index is -0.101. The molecule has 2 aromatic carbocycles. The molecule has 2 aromatic heterocycles. The molecule has 0 fully saturated rings. The van der Waals surface area contributed by atoms with E-state index >= 15 is 0 Å². The highest BCUT2D eigenvalue weighted by molar-refractivity contribution is 8.00. The maximum Gasteiger partial charge on any atom is 0.230 e. The molecule has 33 heavy (non-hydrogen) atoms. The normalized spacial score (nSPS) is 11.0. The highest BCUT2D eigenvalue weighted by atomic mass is 35.5. The summed E-state index contributed by atoms with van der Waals surface area (Å²) in [6.07, 6.45) is 0. The fourth-order valence-corrected chi connectivity index (χ4v) is 4.43. The van der Waals surface area contributed by atoms with Gasteiger partial charge in [0.1, 0.15) is 16.3 Å². The Hall–Kier alpha value is -3.10. The predicted molar refractivity (Wildman–Crippen MR) is 131 cm³/mol. The van der Waals surface area contributed by atoms with E-state index in [-0.39, 0.29) is 11.7 Å². The van der Waals surface area contributed by atoms with Crippen LogP contribution in [0.4, 0.5) is 0 Å². The van der Waals surface area contributed by atoms with Crippen LogP contribution >= 0.6 is 23.4 Å². The average molecular weight is 482 g/mol. The molecule has 7 nitrogen and oxygen atoms in total. The standard InChI is InChI=1S/C24H24ClN5O2S/c1-4-32-20-8-6-5-7-17(20)13-26-21(31)14-33-24-23-22(15(2)27-28-24)16(3)30(29-23)19-11-9-18(25)10-12-19/h5-12H,4,13-14H2,1-3H3,(H,26,31). The van der Waals surface area contributed by atoms with Crippen molar-refractivity contribution in [3.63, 3.8) is 0 Å². The topological polar surface area (TPSA) is 81.9 Å². The van der Waals surface area contributed by atoms with Crippen LogP contribution in [0.25, 0.3) is 16.6 Å². The maximum atomic E-state index is 12.5. The lowest BCUT2D eigenvalue weighted by Crippen LogP contribution is -2.25. The van der Waals surface area contributed by atoms with Gasteiger partial charge in [-0.3, -0.25) is 4.79 Å². The molecule has 0 aliphatic rings. The largest absolute Gasteiger partial charge is 0.494 e. The Morgan fingerprint density at radius 3 is 2.64 bits per heavy atom. The van der Waals surface area contributed by atoms with E-state index in [1.807, 2.05) is 74.0 Å². The second-order valence-electron chi connectivity index (χ2n) is 7.39. The monoisotopic (exact) mass is 481 g/mol. The van der Waals surface area contributed by atoms with Gasteiger partial charge in [-0.15, -0.1) is 5.10 Å². The van der Waals surface area contributed by atoms with Gasteiger partial charge in [-0.05, 0) is 51.1 Å². The predicted octanol–water partition coefficient (Wildman–Crippen LogP) is 4.89. The molecule has 170 valence electrons. The molecule has 4 aromatic rings. The first-order valence-electron chi connectivity index (χ1n) is 10.6. The van der Waals surface area contributed by atoms with E-state index in [0.29, 0.717) is 23.2 Å². The number of nitrogens with zero attached hydrogens (tertiary/aromatic N) is 4. The summed E-state index contributed by atoms with van der Waals surface area (Å²) in [5, 5.41) is 18.6. The molecule has 0 aliphatic heterocycles. The van der Waals surface area contributed by atoms with Crippen molar-refractivity contribution in [2.45, 2.75) is 32.3 Å². The third-order valence-electron chi connectivity index (χ3n) is 5.13. The smallest absolute Gasteiger partial charge is 0.230 e. The number of hydrogen-bond donors (Lipinski definition) is 1. The van der Waals surface area contributed by atoms with Crippen LogP contribution in [-0.4, -0.2) is 38.2 Å². The zero-order valence-corrected chi connectivity index (χ0v) is 20.2. The van der Waals surface area contributed by atoms with Gasteiger partial charge in [0.15, 0.2) is 0 Å². The molecular formula is C24H24ClN5O2S. The Morgan fingerprint density at radius 1 is 1.12 bits per heavy atom. The van der Waals surface area contributed by atoms with Gasteiger partial charge >= 0.3 is 0 Å². The number of fused-ring (bicyclic) bond motifs is 1. The van der Waals surface area contributed by atoms with Crippen molar-refractivity contribution in [2.24, 2.45) is 0 Å². The first-order valence-corrected chi connectivity index (χ1v) is 11.9. The van der Waals surface area contributed by atoms with E-state index < -0.39 is 0 Å². The SMILES string of the molecule is CCOc1ccccc1CNC(=O)CSc1nnc(C)c2c(C)n(-c3ccc(Cl)cc3)nc12. The summed E-state index contributed by atoms with van der Waals surface area (Å²) < 4.78 is 7.48. The van der Waals surface area contributed by atoms with E-state index in [0.717, 1.165) is 39.3 Å². The number of para-hydroxylation sites is 1. The molecule has 0 radical (unpaired) electrons. The van der Waals surface area contributed by atoms with Crippen molar-refractivity contribution in [3.05, 3.63) is 70.5 Å². The lowest BCUT2D eigenvalue weighted by molar-refractivity contribution is -0.118. The van der Waals surface area contributed by atoms with Crippen LogP contribution in [0.3, 0.4) is 0 Å². The number of aryl methyl sites for hydroxylation is 2. The quantitative estimate of drug-likeness (QED) is 0.361. The second kappa shape index (κ2) is 10.2. The van der Waals surface area contributed by atoms with E-state index in [4.69, 9.17) is 21.4 Å². The molecule has 0 saturated carbocycles. The summed E-state index contributed by atoms with van der Waals surface area (Å²) in [5.74, 6) is 0.884. The van der Waals surface area contributed by atoms with E-state index in [1.165, 1.54) is 11.8 Å². The van der Waals surface area contributed by atoms with Crippen LogP contribution in [-0.2, 0) is 11.3 Å². The van der Waals surface area contributed by atoms with Crippen molar-refractivity contribution in [1.29, 1.82) is 0 Å². The van der Waals surface area contributed by atoms with Crippen LogP contribution in [0.2, 0.25) is 5.02 Å². The van der Waals surface area contributed by atoms with Crippen LogP contribution < -0.4 is 10.1 Å². The lowest BCUT2D eigenvalue weighted by atomic mass is 10.2. The summed E-state index contributed by atoms with van der Waals surface area (Å²) in [6.45, 7) is 6.81. The number of halogens is 1. The number of hydrogen-bond acceptors (Lipinski definition) is 6. The number of aromatic nitrogens is 4. The Labute approximate surface area is 201 Å². The van der Waals surface area contributed by atoms with Gasteiger partial charge in [-0.2, -0.15) is 10.2 Å². The Morgan fingerprint density at radius 2 is 1.88 bits per heavy atom. The fourth-order valence-electron chi connectivity index (χ4n) is 3.56. The van der Waals surface area contributed by atoms with Crippen molar-refractivity contribution < 1.29 is 9.53 Å². The molecule has 0 spiro atoms. The summed E-state index contributed by atoms with van der Waals surface area (Å²) >= 11 is 7.35. The molecule has 1 N–H and O–H groups in total. The van der Waals surface area contributed by atoms with Crippen LogP contribution in [0, 0.1) is 13.8 Å². The van der Waals surface area contributed by atoms with Gasteiger partial charge in [0.2, 0.25) is 5.91 Å². The molecule has 1 amide bonds. The lowest BCUT2D eigenvalue weighted by Gasteiger charge is -2.10. The highest BCUT2D eigenvalue weighted by Gasteiger charge is 2.18. The number of thioether (sulfide) groups is 1. The Kier molecular flexibility index (Phi) is 7.15. The molecule has 0 unspecified atom stereocenters. The van der Waals surface area contributed by atoms with E-state index in [9.17, 15) is 4.79 Å². The van der Waals surface area contributed by atoms with Crippen LogP contribution in [0.15, 0.2) is 53.6 Å². The number of nitrogens with one attached hydrogen (secondary N) is 1. The number of ether oxygens (including phenoxy) is 1. The first kappa shape index (κ1) is 23.1. The summed E-state index contributed by atoms with van der Waals surface area (Å²) in [6, 6.07) is 15.2. The first-order chi connectivity index (χ1) is 16.0. The van der Waals surface area contributed by atoms with Gasteiger partial charge in [-0.25, -0.2) is 4.68 Å². The molecule has 0 saturated heterocycles. The third kappa shape index (κ3) is 5.12. The van der Waals surface area contributed by atoms with Crippen LogP contribution in [0.5, 0.6) is 5.75 Å².